The quantitative estimate of drug-likeness (QED) is 0.269. The van der Waals surface area contributed by atoms with Crippen LogP contribution in [0.1, 0.15) is 32.1 Å². The zero-order valence-corrected chi connectivity index (χ0v) is 7.10. The zero-order valence-electron chi connectivity index (χ0n) is 7.10. The molecule has 0 aromatic rings. The molecule has 0 saturated heterocycles. The molecule has 0 spiro atoms. The van der Waals surface area contributed by atoms with Crippen LogP contribution in [0, 0.1) is 0 Å². The van der Waals surface area contributed by atoms with Gasteiger partial charge in [-0.3, -0.25) is 10.9 Å². The van der Waals surface area contributed by atoms with E-state index in [9.17, 15) is 4.79 Å². The summed E-state index contributed by atoms with van der Waals surface area (Å²) in [6, 6.07) is 0.0247. The highest BCUT2D eigenvalue weighted by molar-refractivity contribution is 5.72. The van der Waals surface area contributed by atoms with Gasteiger partial charge >= 0.3 is 6.03 Å². The Morgan fingerprint density at radius 3 is 2.50 bits per heavy atom. The molecule has 1 aliphatic rings. The number of amides is 2. The van der Waals surface area contributed by atoms with Crippen LogP contribution in [-0.2, 0) is 0 Å². The van der Waals surface area contributed by atoms with Gasteiger partial charge in [-0.25, -0.2) is 16.1 Å². The van der Waals surface area contributed by atoms with E-state index < -0.39 is 0 Å². The highest BCUT2D eigenvalue weighted by Gasteiger charge is 2.12. The zero-order chi connectivity index (χ0) is 8.81. The lowest BCUT2D eigenvalue weighted by Crippen LogP contribution is -2.51. The molecule has 5 N–H and O–H groups in total. The third-order valence-electron chi connectivity index (χ3n) is 2.13. The first-order valence-electron chi connectivity index (χ1n) is 4.35. The number of urea groups is 1. The summed E-state index contributed by atoms with van der Waals surface area (Å²) >= 11 is 0. The molecule has 0 aliphatic heterocycles. The Morgan fingerprint density at radius 1 is 1.25 bits per heavy atom. The monoisotopic (exact) mass is 172 g/mol. The van der Waals surface area contributed by atoms with Gasteiger partial charge in [0.15, 0.2) is 0 Å². The van der Waals surface area contributed by atoms with E-state index in [-0.39, 0.29) is 6.03 Å². The number of nitrogens with two attached hydrogens (primary N) is 1. The van der Waals surface area contributed by atoms with E-state index in [0.717, 1.165) is 12.8 Å². The maximum Gasteiger partial charge on any atom is 0.343 e. The summed E-state index contributed by atoms with van der Waals surface area (Å²) in [5.74, 6) is 4.89. The van der Waals surface area contributed by atoms with Crippen LogP contribution >= 0.6 is 0 Å². The maximum absolute atomic E-state index is 10.6. The van der Waals surface area contributed by atoms with Crippen LogP contribution < -0.4 is 22.1 Å². The molecule has 0 atom stereocenters. The van der Waals surface area contributed by atoms with Gasteiger partial charge in [0, 0.05) is 6.04 Å². The second-order valence-electron chi connectivity index (χ2n) is 3.08. The standard InChI is InChI=1S/C7H16N4O/c8-9-7(12)11-10-6-4-2-1-3-5-6/h6,10H,1-5,8H2,(H2,9,11,12). The van der Waals surface area contributed by atoms with Crippen molar-refractivity contribution in [2.45, 2.75) is 38.1 Å². The summed E-state index contributed by atoms with van der Waals surface area (Å²) in [6.07, 6.45) is 6.05. The fraction of sp³-hybridized carbons (Fsp3) is 0.857. The van der Waals surface area contributed by atoms with Crippen LogP contribution in [0.15, 0.2) is 0 Å². The van der Waals surface area contributed by atoms with Gasteiger partial charge in [0.2, 0.25) is 0 Å². The highest BCUT2D eigenvalue weighted by Crippen LogP contribution is 2.16. The molecule has 0 radical (unpaired) electrons. The number of hydrazine groups is 2. The van der Waals surface area contributed by atoms with Crippen LogP contribution in [0.4, 0.5) is 4.79 Å². The molecule has 0 unspecified atom stereocenters. The SMILES string of the molecule is NNC(=O)NNC1CCCCC1. The van der Waals surface area contributed by atoms with Crippen molar-refractivity contribution in [2.24, 2.45) is 5.84 Å². The Balaban J connectivity index is 2.09. The predicted molar refractivity (Wildman–Crippen MR) is 45.9 cm³/mol. The van der Waals surface area contributed by atoms with Gasteiger partial charge in [0.05, 0.1) is 0 Å². The topological polar surface area (TPSA) is 79.2 Å². The van der Waals surface area contributed by atoms with Gasteiger partial charge in [0.25, 0.3) is 0 Å². The Labute approximate surface area is 72.0 Å². The summed E-state index contributed by atoms with van der Waals surface area (Å²) in [5, 5.41) is 0. The molecule has 2 amide bonds. The molecule has 0 aromatic heterocycles. The van der Waals surface area contributed by atoms with Gasteiger partial charge in [-0.05, 0) is 12.8 Å². The Morgan fingerprint density at radius 2 is 1.92 bits per heavy atom. The maximum atomic E-state index is 10.6. The Bertz CT molecular complexity index is 144. The molecule has 0 heterocycles. The van der Waals surface area contributed by atoms with Crippen LogP contribution in [0.3, 0.4) is 0 Å². The molecular formula is C7H16N4O. The van der Waals surface area contributed by atoms with E-state index in [2.05, 4.69) is 10.9 Å². The summed E-state index contributed by atoms with van der Waals surface area (Å²) in [6.45, 7) is 0. The van der Waals surface area contributed by atoms with E-state index >= 15 is 0 Å². The average molecular weight is 172 g/mol. The molecule has 70 valence electrons. The second kappa shape index (κ2) is 4.95. The minimum Gasteiger partial charge on any atom is -0.275 e. The molecule has 0 bridgehead atoms. The van der Waals surface area contributed by atoms with Gasteiger partial charge < -0.3 is 0 Å². The lowest BCUT2D eigenvalue weighted by Gasteiger charge is -2.22. The highest BCUT2D eigenvalue weighted by atomic mass is 16.2. The van der Waals surface area contributed by atoms with Crippen molar-refractivity contribution < 1.29 is 4.79 Å². The minimum absolute atomic E-state index is 0.388. The number of rotatable bonds is 2. The normalized spacial score (nSPS) is 18.8. The first-order chi connectivity index (χ1) is 5.83. The second-order valence-corrected chi connectivity index (χ2v) is 3.08. The van der Waals surface area contributed by atoms with Gasteiger partial charge in [-0.15, -0.1) is 0 Å². The number of carbonyl (C=O) groups is 1. The van der Waals surface area contributed by atoms with Crippen molar-refractivity contribution in [3.63, 3.8) is 0 Å². The fourth-order valence-electron chi connectivity index (χ4n) is 1.45. The average Bonchev–Trinajstić information content (AvgIpc) is 2.16. The molecule has 12 heavy (non-hydrogen) atoms. The Hall–Kier alpha value is -0.810. The van der Waals surface area contributed by atoms with Crippen LogP contribution in [-0.4, -0.2) is 12.1 Å². The van der Waals surface area contributed by atoms with Gasteiger partial charge in [-0.1, -0.05) is 19.3 Å². The van der Waals surface area contributed by atoms with E-state index in [1.807, 2.05) is 5.43 Å². The molecule has 1 aliphatic carbocycles. The van der Waals surface area contributed by atoms with Crippen molar-refractivity contribution in [1.29, 1.82) is 0 Å². The van der Waals surface area contributed by atoms with Crippen molar-refractivity contribution >= 4 is 6.03 Å². The smallest absolute Gasteiger partial charge is 0.275 e. The van der Waals surface area contributed by atoms with Crippen molar-refractivity contribution in [2.75, 3.05) is 0 Å². The number of hydrogen-bond acceptors (Lipinski definition) is 3. The van der Waals surface area contributed by atoms with Crippen LogP contribution in [0.2, 0.25) is 0 Å². The number of nitrogens with one attached hydrogen (secondary N) is 3. The summed E-state index contributed by atoms with van der Waals surface area (Å²) in [7, 11) is 0. The first kappa shape index (κ1) is 9.28. The Kier molecular flexibility index (Phi) is 3.83. The molecule has 5 nitrogen and oxygen atoms in total. The molecule has 5 heteroatoms. The van der Waals surface area contributed by atoms with Crippen LogP contribution in [0.25, 0.3) is 0 Å². The number of hydrogen-bond donors (Lipinski definition) is 4. The van der Waals surface area contributed by atoms with E-state index in [4.69, 9.17) is 5.84 Å². The summed E-state index contributed by atoms with van der Waals surface area (Å²) in [4.78, 5) is 10.6. The minimum atomic E-state index is -0.388. The molecule has 1 fully saturated rings. The first-order valence-corrected chi connectivity index (χ1v) is 4.35. The largest absolute Gasteiger partial charge is 0.343 e. The third kappa shape index (κ3) is 3.06. The molecular weight excluding hydrogens is 156 g/mol. The van der Waals surface area contributed by atoms with Gasteiger partial charge in [-0.2, -0.15) is 0 Å². The number of carbonyl (C=O) groups excluding carboxylic acids is 1. The third-order valence-corrected chi connectivity index (χ3v) is 2.13. The lowest BCUT2D eigenvalue weighted by atomic mass is 9.96. The van der Waals surface area contributed by atoms with E-state index in [1.54, 1.807) is 0 Å². The molecule has 1 rings (SSSR count). The fourth-order valence-corrected chi connectivity index (χ4v) is 1.45. The van der Waals surface area contributed by atoms with Crippen molar-refractivity contribution in [3.05, 3.63) is 0 Å². The van der Waals surface area contributed by atoms with E-state index in [1.165, 1.54) is 19.3 Å². The summed E-state index contributed by atoms with van der Waals surface area (Å²) in [5.41, 5.74) is 7.40. The van der Waals surface area contributed by atoms with Gasteiger partial charge in [0.1, 0.15) is 0 Å². The molecule has 1 saturated carbocycles. The summed E-state index contributed by atoms with van der Waals surface area (Å²) < 4.78 is 0. The van der Waals surface area contributed by atoms with Crippen molar-refractivity contribution in [1.82, 2.24) is 16.3 Å². The molecule has 0 aromatic carbocycles. The van der Waals surface area contributed by atoms with Crippen LogP contribution in [0.5, 0.6) is 0 Å². The van der Waals surface area contributed by atoms with Crippen molar-refractivity contribution in [3.8, 4) is 0 Å². The van der Waals surface area contributed by atoms with E-state index in [0.29, 0.717) is 6.04 Å². The lowest BCUT2D eigenvalue weighted by molar-refractivity contribution is 0.230. The predicted octanol–water partition coefficient (Wildman–Crippen LogP) is -0.00340.